The molecule has 1 aliphatic carbocycles. The highest BCUT2D eigenvalue weighted by atomic mass is 19.1. The monoisotopic (exact) mass is 274 g/mol. The van der Waals surface area contributed by atoms with Crippen molar-refractivity contribution < 1.29 is 9.18 Å². The first-order chi connectivity index (χ1) is 9.70. The van der Waals surface area contributed by atoms with Gasteiger partial charge in [0, 0.05) is 12.6 Å². The third kappa shape index (κ3) is 3.80. The first-order valence-corrected chi connectivity index (χ1v) is 7.11. The minimum atomic E-state index is -0.293. The van der Waals surface area contributed by atoms with Gasteiger partial charge in [-0.15, -0.1) is 0 Å². The maximum atomic E-state index is 12.9. The maximum Gasteiger partial charge on any atom is 0.227 e. The molecule has 0 saturated heterocycles. The van der Waals surface area contributed by atoms with Crippen LogP contribution in [-0.2, 0) is 11.2 Å². The van der Waals surface area contributed by atoms with Crippen LogP contribution in [0.3, 0.4) is 0 Å². The van der Waals surface area contributed by atoms with E-state index < -0.39 is 0 Å². The number of rotatable bonds is 5. The van der Waals surface area contributed by atoms with Gasteiger partial charge in [-0.1, -0.05) is 25.0 Å². The van der Waals surface area contributed by atoms with Crippen LogP contribution >= 0.6 is 0 Å². The summed E-state index contributed by atoms with van der Waals surface area (Å²) in [5.74, 6) is -0.253. The van der Waals surface area contributed by atoms with Gasteiger partial charge in [0.25, 0.3) is 0 Å². The molecule has 0 aromatic heterocycles. The van der Waals surface area contributed by atoms with Gasteiger partial charge in [0.2, 0.25) is 5.91 Å². The zero-order valence-electron chi connectivity index (χ0n) is 11.5. The van der Waals surface area contributed by atoms with Crippen LogP contribution in [0.25, 0.3) is 0 Å². The van der Waals surface area contributed by atoms with Gasteiger partial charge in [0.15, 0.2) is 0 Å². The Morgan fingerprint density at radius 2 is 1.95 bits per heavy atom. The van der Waals surface area contributed by atoms with Gasteiger partial charge in [0.1, 0.15) is 5.82 Å². The molecule has 0 heterocycles. The number of nitriles is 1. The van der Waals surface area contributed by atoms with E-state index in [9.17, 15) is 9.18 Å². The topological polar surface area (TPSA) is 44.1 Å². The van der Waals surface area contributed by atoms with E-state index in [-0.39, 0.29) is 24.2 Å². The molecule has 0 bridgehead atoms. The minimum Gasteiger partial charge on any atom is -0.338 e. The fraction of sp³-hybridized carbons (Fsp3) is 0.500. The summed E-state index contributed by atoms with van der Waals surface area (Å²) < 4.78 is 12.9. The Kier molecular flexibility index (Phi) is 5.11. The maximum absolute atomic E-state index is 12.9. The quantitative estimate of drug-likeness (QED) is 0.828. The van der Waals surface area contributed by atoms with E-state index in [2.05, 4.69) is 6.07 Å². The van der Waals surface area contributed by atoms with E-state index in [0.717, 1.165) is 31.2 Å². The van der Waals surface area contributed by atoms with E-state index in [1.54, 1.807) is 12.1 Å². The van der Waals surface area contributed by atoms with Crippen LogP contribution in [0.2, 0.25) is 0 Å². The molecular weight excluding hydrogens is 255 g/mol. The van der Waals surface area contributed by atoms with Crippen LogP contribution in [-0.4, -0.2) is 23.4 Å². The Morgan fingerprint density at radius 3 is 2.55 bits per heavy atom. The Labute approximate surface area is 119 Å². The second-order valence-electron chi connectivity index (χ2n) is 5.24. The van der Waals surface area contributed by atoms with Gasteiger partial charge < -0.3 is 4.90 Å². The van der Waals surface area contributed by atoms with Crippen LogP contribution in [0.4, 0.5) is 4.39 Å². The number of halogens is 1. The second kappa shape index (κ2) is 7.04. The summed E-state index contributed by atoms with van der Waals surface area (Å²) in [6.07, 6.45) is 5.00. The Bertz CT molecular complexity index is 486. The number of hydrogen-bond donors (Lipinski definition) is 0. The molecule has 2 rings (SSSR count). The van der Waals surface area contributed by atoms with Gasteiger partial charge in [-0.3, -0.25) is 4.79 Å². The Balaban J connectivity index is 2.01. The first-order valence-electron chi connectivity index (χ1n) is 7.11. The summed E-state index contributed by atoms with van der Waals surface area (Å²) in [5.41, 5.74) is 0.816. The lowest BCUT2D eigenvalue weighted by molar-refractivity contribution is -0.132. The largest absolute Gasteiger partial charge is 0.338 e. The van der Waals surface area contributed by atoms with Crippen molar-refractivity contribution in [1.82, 2.24) is 4.90 Å². The summed E-state index contributed by atoms with van der Waals surface area (Å²) in [6.45, 7) is 0.501. The molecule has 106 valence electrons. The van der Waals surface area contributed by atoms with Crippen molar-refractivity contribution in [2.45, 2.75) is 44.6 Å². The molecule has 0 unspecified atom stereocenters. The summed E-state index contributed by atoms with van der Waals surface area (Å²) in [6, 6.07) is 8.41. The molecule has 1 amide bonds. The molecule has 1 aromatic rings. The third-order valence-corrected chi connectivity index (χ3v) is 3.82. The van der Waals surface area contributed by atoms with Gasteiger partial charge in [-0.2, -0.15) is 5.26 Å². The van der Waals surface area contributed by atoms with Crippen molar-refractivity contribution >= 4 is 5.91 Å². The van der Waals surface area contributed by atoms with E-state index in [4.69, 9.17) is 5.26 Å². The predicted molar refractivity (Wildman–Crippen MR) is 74.3 cm³/mol. The highest BCUT2D eigenvalue weighted by molar-refractivity contribution is 5.79. The zero-order valence-corrected chi connectivity index (χ0v) is 11.5. The number of nitrogens with zero attached hydrogens (tertiary/aromatic N) is 2. The van der Waals surface area contributed by atoms with E-state index in [1.165, 1.54) is 12.1 Å². The normalized spacial score (nSPS) is 15.0. The molecule has 1 saturated carbocycles. The number of hydrogen-bond acceptors (Lipinski definition) is 2. The molecule has 1 aromatic carbocycles. The zero-order chi connectivity index (χ0) is 14.4. The summed E-state index contributed by atoms with van der Waals surface area (Å²) in [5, 5.41) is 8.73. The van der Waals surface area contributed by atoms with Gasteiger partial charge >= 0.3 is 0 Å². The lowest BCUT2D eigenvalue weighted by atomic mass is 10.1. The van der Waals surface area contributed by atoms with Gasteiger partial charge in [0.05, 0.1) is 18.9 Å². The van der Waals surface area contributed by atoms with E-state index in [1.807, 2.05) is 4.90 Å². The van der Waals surface area contributed by atoms with Crippen molar-refractivity contribution in [3.63, 3.8) is 0 Å². The Hall–Kier alpha value is -1.89. The molecule has 20 heavy (non-hydrogen) atoms. The molecule has 0 aliphatic heterocycles. The van der Waals surface area contributed by atoms with Gasteiger partial charge in [-0.05, 0) is 30.5 Å². The summed E-state index contributed by atoms with van der Waals surface area (Å²) in [7, 11) is 0. The fourth-order valence-corrected chi connectivity index (χ4v) is 2.78. The van der Waals surface area contributed by atoms with Crippen LogP contribution in [0.15, 0.2) is 24.3 Å². The third-order valence-electron chi connectivity index (χ3n) is 3.82. The van der Waals surface area contributed by atoms with E-state index in [0.29, 0.717) is 13.0 Å². The summed E-state index contributed by atoms with van der Waals surface area (Å²) in [4.78, 5) is 14.3. The van der Waals surface area contributed by atoms with Crippen LogP contribution in [0.5, 0.6) is 0 Å². The highest BCUT2D eigenvalue weighted by Crippen LogP contribution is 2.24. The molecule has 0 N–H and O–H groups in total. The van der Waals surface area contributed by atoms with E-state index >= 15 is 0 Å². The molecule has 0 spiro atoms. The van der Waals surface area contributed by atoms with Crippen molar-refractivity contribution in [1.29, 1.82) is 5.26 Å². The number of benzene rings is 1. The molecular formula is C16H19FN2O. The number of carbonyl (C=O) groups is 1. The molecule has 3 nitrogen and oxygen atoms in total. The minimum absolute atomic E-state index is 0.0405. The van der Waals surface area contributed by atoms with Gasteiger partial charge in [-0.25, -0.2) is 4.39 Å². The lowest BCUT2D eigenvalue weighted by Gasteiger charge is -2.28. The number of carbonyl (C=O) groups excluding carboxylic acids is 1. The Morgan fingerprint density at radius 1 is 1.30 bits per heavy atom. The molecule has 4 heteroatoms. The smallest absolute Gasteiger partial charge is 0.227 e. The molecule has 0 radical (unpaired) electrons. The second-order valence-corrected chi connectivity index (χ2v) is 5.24. The van der Waals surface area contributed by atoms with Crippen molar-refractivity contribution in [3.05, 3.63) is 35.6 Å². The molecule has 0 atom stereocenters. The standard InChI is InChI=1S/C16H19FN2O/c17-14-8-6-13(7-9-14)12-16(20)19(11-3-10-18)15-4-1-2-5-15/h6-9,15H,1-5,11-12H2. The SMILES string of the molecule is N#CCCN(C(=O)Cc1ccc(F)cc1)C1CCCC1. The average Bonchev–Trinajstić information content (AvgIpc) is 2.96. The highest BCUT2D eigenvalue weighted by Gasteiger charge is 2.26. The van der Waals surface area contributed by atoms with Crippen LogP contribution in [0.1, 0.15) is 37.7 Å². The number of amides is 1. The van der Waals surface area contributed by atoms with Crippen LogP contribution < -0.4 is 0 Å². The first kappa shape index (κ1) is 14.5. The summed E-state index contributed by atoms with van der Waals surface area (Å²) >= 11 is 0. The van der Waals surface area contributed by atoms with Crippen molar-refractivity contribution in [2.75, 3.05) is 6.54 Å². The fourth-order valence-electron chi connectivity index (χ4n) is 2.78. The lowest BCUT2D eigenvalue weighted by Crippen LogP contribution is -2.40. The van der Waals surface area contributed by atoms with Crippen LogP contribution in [0, 0.1) is 17.1 Å². The molecule has 1 fully saturated rings. The predicted octanol–water partition coefficient (Wildman–Crippen LogP) is 3.05. The molecule has 1 aliphatic rings. The average molecular weight is 274 g/mol. The van der Waals surface area contributed by atoms with Crippen molar-refractivity contribution in [2.24, 2.45) is 0 Å². The van der Waals surface area contributed by atoms with Crippen molar-refractivity contribution in [3.8, 4) is 6.07 Å².